The SMILES string of the molecule is CCOc1ccc(C(=O)Nc2cccc(C(=O)NN=Cc3ccc(OC(=O)/C=C/c4ccc([N+](=O)[O-])cc4)c(OCC)c3)c2)cc1OCC. The third kappa shape index (κ3) is 10.2. The number of anilines is 1. The number of nitro groups is 1. The van der Waals surface area contributed by atoms with Crippen molar-refractivity contribution in [1.82, 2.24) is 5.43 Å². The normalized spacial score (nSPS) is 10.8. The maximum atomic E-state index is 12.9. The molecule has 0 aliphatic heterocycles. The van der Waals surface area contributed by atoms with Gasteiger partial charge in [-0.3, -0.25) is 19.7 Å². The highest BCUT2D eigenvalue weighted by atomic mass is 16.6. The molecule has 0 radical (unpaired) electrons. The van der Waals surface area contributed by atoms with Crippen LogP contribution >= 0.6 is 0 Å². The summed E-state index contributed by atoms with van der Waals surface area (Å²) in [5, 5.41) is 17.6. The lowest BCUT2D eigenvalue weighted by molar-refractivity contribution is -0.384. The minimum Gasteiger partial charge on any atom is -0.490 e. The molecule has 4 rings (SSSR count). The minimum atomic E-state index is -0.679. The summed E-state index contributed by atoms with van der Waals surface area (Å²) >= 11 is 0. The number of nitrogens with one attached hydrogen (secondary N) is 2. The van der Waals surface area contributed by atoms with Crippen molar-refractivity contribution in [3.05, 3.63) is 123 Å². The first-order valence-electron chi connectivity index (χ1n) is 15.3. The number of carbonyl (C=O) groups excluding carboxylic acids is 3. The van der Waals surface area contributed by atoms with Crippen LogP contribution in [0.2, 0.25) is 0 Å². The number of amides is 2. The van der Waals surface area contributed by atoms with E-state index in [1.54, 1.807) is 55.5 Å². The average Bonchev–Trinajstić information content (AvgIpc) is 3.09. The molecule has 4 aromatic carbocycles. The quantitative estimate of drug-likeness (QED) is 0.0363. The van der Waals surface area contributed by atoms with Crippen molar-refractivity contribution in [3.63, 3.8) is 0 Å². The van der Waals surface area contributed by atoms with Gasteiger partial charge < -0.3 is 24.3 Å². The van der Waals surface area contributed by atoms with Crippen LogP contribution in [0.1, 0.15) is 52.6 Å². The lowest BCUT2D eigenvalue weighted by atomic mass is 10.1. The lowest BCUT2D eigenvalue weighted by Gasteiger charge is -2.12. The molecular formula is C36H34N4O9. The van der Waals surface area contributed by atoms with Crippen LogP contribution in [-0.4, -0.2) is 48.7 Å². The first kappa shape index (κ1) is 35.4. The summed E-state index contributed by atoms with van der Waals surface area (Å²) in [4.78, 5) is 48.5. The van der Waals surface area contributed by atoms with Crippen molar-refractivity contribution in [2.75, 3.05) is 25.1 Å². The van der Waals surface area contributed by atoms with Gasteiger partial charge in [-0.2, -0.15) is 5.10 Å². The van der Waals surface area contributed by atoms with Crippen LogP contribution in [0.4, 0.5) is 11.4 Å². The van der Waals surface area contributed by atoms with Gasteiger partial charge in [-0.25, -0.2) is 10.2 Å². The summed E-state index contributed by atoms with van der Waals surface area (Å²) < 4.78 is 22.2. The van der Waals surface area contributed by atoms with Gasteiger partial charge in [0.05, 0.1) is 31.0 Å². The molecule has 49 heavy (non-hydrogen) atoms. The number of ether oxygens (including phenoxy) is 4. The number of nitro benzene ring substituents is 1. The molecule has 0 saturated carbocycles. The highest BCUT2D eigenvalue weighted by molar-refractivity contribution is 6.05. The second-order valence-corrected chi connectivity index (χ2v) is 10.0. The number of hydrazone groups is 1. The van der Waals surface area contributed by atoms with Crippen molar-refractivity contribution in [2.45, 2.75) is 20.8 Å². The summed E-state index contributed by atoms with van der Waals surface area (Å²) in [7, 11) is 0. The fourth-order valence-electron chi connectivity index (χ4n) is 4.34. The van der Waals surface area contributed by atoms with Gasteiger partial charge in [0, 0.05) is 35.0 Å². The van der Waals surface area contributed by atoms with Crippen LogP contribution in [-0.2, 0) is 4.79 Å². The zero-order valence-corrected chi connectivity index (χ0v) is 27.0. The van der Waals surface area contributed by atoms with Crippen LogP contribution in [0.3, 0.4) is 0 Å². The number of hydrogen-bond donors (Lipinski definition) is 2. The standard InChI is InChI=1S/C36H34N4O9/c1-4-46-30-18-14-27(22-33(30)48-6-3)35(42)38-28-9-7-8-26(21-28)36(43)39-37-23-25-12-17-31(32(20-25)47-5-2)49-34(41)19-13-24-10-15-29(16-11-24)40(44)45/h7-23H,4-6H2,1-3H3,(H,38,42)(H,39,43)/b19-13+,37-23?. The maximum absolute atomic E-state index is 12.9. The monoisotopic (exact) mass is 666 g/mol. The fraction of sp³-hybridized carbons (Fsp3) is 0.167. The maximum Gasteiger partial charge on any atom is 0.336 e. The van der Waals surface area contributed by atoms with Crippen LogP contribution < -0.4 is 29.7 Å². The molecule has 0 bridgehead atoms. The second kappa shape index (κ2) is 17.4. The number of non-ortho nitro benzene ring substituents is 1. The Morgan fingerprint density at radius 1 is 0.735 bits per heavy atom. The molecule has 0 unspecified atom stereocenters. The molecule has 13 nitrogen and oxygen atoms in total. The van der Waals surface area contributed by atoms with Gasteiger partial charge in [-0.15, -0.1) is 0 Å². The van der Waals surface area contributed by atoms with Crippen molar-refractivity contribution >= 4 is 41.4 Å². The van der Waals surface area contributed by atoms with Crippen molar-refractivity contribution in [1.29, 1.82) is 0 Å². The Labute approximate surface area is 282 Å². The predicted octanol–water partition coefficient (Wildman–Crippen LogP) is 6.43. The second-order valence-electron chi connectivity index (χ2n) is 10.0. The zero-order chi connectivity index (χ0) is 35.2. The van der Waals surface area contributed by atoms with E-state index in [9.17, 15) is 24.5 Å². The van der Waals surface area contributed by atoms with Crippen LogP contribution in [0.25, 0.3) is 6.08 Å². The van der Waals surface area contributed by atoms with E-state index in [0.29, 0.717) is 53.7 Å². The van der Waals surface area contributed by atoms with Gasteiger partial charge in [0.2, 0.25) is 0 Å². The van der Waals surface area contributed by atoms with E-state index >= 15 is 0 Å². The highest BCUT2D eigenvalue weighted by Crippen LogP contribution is 2.30. The summed E-state index contributed by atoms with van der Waals surface area (Å²) in [5.74, 6) is -0.137. The van der Waals surface area contributed by atoms with E-state index in [1.165, 1.54) is 54.8 Å². The highest BCUT2D eigenvalue weighted by Gasteiger charge is 2.14. The molecule has 4 aromatic rings. The molecule has 2 N–H and O–H groups in total. The molecule has 0 aliphatic carbocycles. The Balaban J connectivity index is 1.36. The third-order valence-corrected chi connectivity index (χ3v) is 6.56. The van der Waals surface area contributed by atoms with Gasteiger partial charge in [-0.05, 0) is 105 Å². The molecule has 0 atom stereocenters. The van der Waals surface area contributed by atoms with Gasteiger partial charge in [0.15, 0.2) is 23.0 Å². The molecule has 0 fully saturated rings. The Kier molecular flexibility index (Phi) is 12.6. The number of benzene rings is 4. The van der Waals surface area contributed by atoms with E-state index in [2.05, 4.69) is 15.8 Å². The average molecular weight is 667 g/mol. The number of carbonyl (C=O) groups is 3. The van der Waals surface area contributed by atoms with Crippen molar-refractivity contribution < 1.29 is 38.3 Å². The molecule has 2 amide bonds. The molecule has 13 heteroatoms. The fourth-order valence-corrected chi connectivity index (χ4v) is 4.34. The lowest BCUT2D eigenvalue weighted by Crippen LogP contribution is -2.18. The van der Waals surface area contributed by atoms with Crippen molar-refractivity contribution in [2.24, 2.45) is 5.10 Å². The van der Waals surface area contributed by atoms with E-state index in [1.807, 2.05) is 13.8 Å². The van der Waals surface area contributed by atoms with Crippen LogP contribution in [0.15, 0.2) is 96.1 Å². The molecular weight excluding hydrogens is 632 g/mol. The van der Waals surface area contributed by atoms with Gasteiger partial charge in [0.25, 0.3) is 17.5 Å². The first-order valence-corrected chi connectivity index (χ1v) is 15.3. The zero-order valence-electron chi connectivity index (χ0n) is 27.0. The van der Waals surface area contributed by atoms with Gasteiger partial charge >= 0.3 is 5.97 Å². The molecule has 0 saturated heterocycles. The van der Waals surface area contributed by atoms with E-state index in [4.69, 9.17) is 18.9 Å². The molecule has 0 heterocycles. The Morgan fingerprint density at radius 3 is 2.06 bits per heavy atom. The summed E-state index contributed by atoms with van der Waals surface area (Å²) in [5.41, 5.74) is 4.55. The Bertz CT molecular complexity index is 1870. The number of esters is 1. The number of nitrogens with zero attached hydrogens (tertiary/aromatic N) is 2. The first-order chi connectivity index (χ1) is 23.7. The van der Waals surface area contributed by atoms with Gasteiger partial charge in [0.1, 0.15) is 0 Å². The van der Waals surface area contributed by atoms with E-state index in [0.717, 1.165) is 0 Å². The van der Waals surface area contributed by atoms with E-state index < -0.39 is 16.8 Å². The minimum absolute atomic E-state index is 0.0577. The largest absolute Gasteiger partial charge is 0.490 e. The number of rotatable bonds is 15. The van der Waals surface area contributed by atoms with Crippen molar-refractivity contribution in [3.8, 4) is 23.0 Å². The van der Waals surface area contributed by atoms with E-state index in [-0.39, 0.29) is 28.7 Å². The topological polar surface area (TPSA) is 168 Å². The molecule has 252 valence electrons. The smallest absolute Gasteiger partial charge is 0.336 e. The third-order valence-electron chi connectivity index (χ3n) is 6.56. The molecule has 0 aliphatic rings. The number of hydrogen-bond acceptors (Lipinski definition) is 10. The van der Waals surface area contributed by atoms with Gasteiger partial charge in [-0.1, -0.05) is 6.07 Å². The summed E-state index contributed by atoms with van der Waals surface area (Å²) in [6.45, 7) is 6.62. The predicted molar refractivity (Wildman–Crippen MR) is 184 cm³/mol. The Morgan fingerprint density at radius 2 is 1.37 bits per heavy atom. The Hall–Kier alpha value is -6.50. The van der Waals surface area contributed by atoms with Crippen LogP contribution in [0.5, 0.6) is 23.0 Å². The molecule has 0 aromatic heterocycles. The summed E-state index contributed by atoms with van der Waals surface area (Å²) in [6, 6.07) is 21.7. The van der Waals surface area contributed by atoms with Crippen LogP contribution in [0, 0.1) is 10.1 Å². The summed E-state index contributed by atoms with van der Waals surface area (Å²) in [6.07, 6.45) is 4.06. The molecule has 0 spiro atoms.